The maximum Gasteiger partial charge on any atom is 0.414 e. The highest BCUT2D eigenvalue weighted by atomic mass is 32.1. The van der Waals surface area contributed by atoms with Gasteiger partial charge in [-0.1, -0.05) is 6.07 Å². The lowest BCUT2D eigenvalue weighted by Gasteiger charge is -2.03. The van der Waals surface area contributed by atoms with Gasteiger partial charge in [-0.3, -0.25) is 0 Å². The average molecular weight is 235 g/mol. The number of thiophene rings is 1. The van der Waals surface area contributed by atoms with Crippen LogP contribution in [0.4, 0.5) is 4.79 Å². The molecule has 0 unspecified atom stereocenters. The smallest absolute Gasteiger partial charge is 0.391 e. The minimum absolute atomic E-state index is 0.235. The maximum absolute atomic E-state index is 11.3. The minimum Gasteiger partial charge on any atom is -0.391 e. The molecule has 0 saturated carbocycles. The molecule has 0 saturated heterocycles. The average Bonchev–Trinajstić information content (AvgIpc) is 2.81. The van der Waals surface area contributed by atoms with Gasteiger partial charge in [0.05, 0.1) is 6.54 Å². The highest BCUT2D eigenvalue weighted by Crippen LogP contribution is 2.07. The van der Waals surface area contributed by atoms with Crippen LogP contribution in [0.2, 0.25) is 0 Å². The molecule has 2 heterocycles. The summed E-state index contributed by atoms with van der Waals surface area (Å²) >= 11 is 1.58. The molecule has 0 fully saturated rings. The Hall–Kier alpha value is -1.95. The van der Waals surface area contributed by atoms with Crippen LogP contribution < -0.4 is 10.1 Å². The molecule has 82 valence electrons. The number of nitrogens with zero attached hydrogens (tertiary/aromatic N) is 2. The Morgan fingerprint density at radius 3 is 3.12 bits per heavy atom. The van der Waals surface area contributed by atoms with Crippen LogP contribution in [0.25, 0.3) is 0 Å². The molecule has 1 N–H and O–H groups in total. The third kappa shape index (κ3) is 3.03. The Morgan fingerprint density at radius 2 is 2.44 bits per heavy atom. The van der Waals surface area contributed by atoms with E-state index >= 15 is 0 Å². The van der Waals surface area contributed by atoms with E-state index in [-0.39, 0.29) is 5.88 Å². The van der Waals surface area contributed by atoms with Gasteiger partial charge in [0.2, 0.25) is 5.88 Å². The first-order chi connectivity index (χ1) is 7.84. The van der Waals surface area contributed by atoms with Crippen LogP contribution in [-0.4, -0.2) is 16.1 Å². The van der Waals surface area contributed by atoms with Gasteiger partial charge in [0.15, 0.2) is 0 Å². The van der Waals surface area contributed by atoms with Gasteiger partial charge in [0.1, 0.15) is 6.33 Å². The number of ether oxygens (including phenoxy) is 1. The number of rotatable bonds is 3. The summed E-state index contributed by atoms with van der Waals surface area (Å²) in [7, 11) is 0. The van der Waals surface area contributed by atoms with Gasteiger partial charge in [0.25, 0.3) is 0 Å². The lowest BCUT2D eigenvalue weighted by Crippen LogP contribution is -2.26. The van der Waals surface area contributed by atoms with Crippen LogP contribution in [0, 0.1) is 0 Å². The Balaban J connectivity index is 1.81. The summed E-state index contributed by atoms with van der Waals surface area (Å²) in [6.45, 7) is 0.460. The number of carbonyl (C=O) groups is 1. The van der Waals surface area contributed by atoms with Gasteiger partial charge in [-0.25, -0.2) is 14.8 Å². The molecule has 0 bridgehead atoms. The van der Waals surface area contributed by atoms with E-state index in [0.717, 1.165) is 4.88 Å². The summed E-state index contributed by atoms with van der Waals surface area (Å²) in [6.07, 6.45) is 2.31. The lowest BCUT2D eigenvalue weighted by molar-refractivity contribution is 0.198. The summed E-state index contributed by atoms with van der Waals surface area (Å²) in [5, 5.41) is 4.57. The fourth-order valence-electron chi connectivity index (χ4n) is 1.04. The standard InChI is InChI=1S/C10H9N3O2S/c14-10(12-6-8-2-1-5-16-8)15-9-3-4-11-7-13-9/h1-5,7H,6H2,(H,12,14). The van der Waals surface area contributed by atoms with Crippen molar-refractivity contribution in [1.29, 1.82) is 0 Å². The molecule has 2 rings (SSSR count). The van der Waals surface area contributed by atoms with Crippen LogP contribution in [0.5, 0.6) is 5.88 Å². The van der Waals surface area contributed by atoms with Gasteiger partial charge < -0.3 is 10.1 Å². The van der Waals surface area contributed by atoms with Crippen molar-refractivity contribution in [3.63, 3.8) is 0 Å². The molecule has 2 aromatic heterocycles. The van der Waals surface area contributed by atoms with Crippen LogP contribution in [0.3, 0.4) is 0 Å². The number of aromatic nitrogens is 2. The number of carbonyl (C=O) groups excluding carboxylic acids is 1. The molecule has 0 aromatic carbocycles. The largest absolute Gasteiger partial charge is 0.414 e. The first kappa shape index (κ1) is 10.6. The zero-order valence-electron chi connectivity index (χ0n) is 8.29. The topological polar surface area (TPSA) is 64.1 Å². The molecular formula is C10H9N3O2S. The lowest BCUT2D eigenvalue weighted by atomic mass is 10.5. The van der Waals surface area contributed by atoms with E-state index < -0.39 is 6.09 Å². The van der Waals surface area contributed by atoms with Crippen molar-refractivity contribution < 1.29 is 9.53 Å². The van der Waals surface area contributed by atoms with Crippen LogP contribution in [0.1, 0.15) is 4.88 Å². The van der Waals surface area contributed by atoms with Crippen LogP contribution >= 0.6 is 11.3 Å². The van der Waals surface area contributed by atoms with Crippen molar-refractivity contribution >= 4 is 17.4 Å². The molecule has 5 nitrogen and oxygen atoms in total. The van der Waals surface area contributed by atoms with E-state index in [4.69, 9.17) is 4.74 Å². The van der Waals surface area contributed by atoms with Gasteiger partial charge in [-0.2, -0.15) is 0 Å². The molecule has 16 heavy (non-hydrogen) atoms. The molecular weight excluding hydrogens is 226 g/mol. The molecule has 0 aliphatic rings. The van der Waals surface area contributed by atoms with Gasteiger partial charge in [-0.05, 0) is 11.4 Å². The van der Waals surface area contributed by atoms with Crippen molar-refractivity contribution in [1.82, 2.24) is 15.3 Å². The van der Waals surface area contributed by atoms with Crippen molar-refractivity contribution in [2.75, 3.05) is 0 Å². The highest BCUT2D eigenvalue weighted by Gasteiger charge is 2.04. The van der Waals surface area contributed by atoms with E-state index in [0.29, 0.717) is 6.54 Å². The summed E-state index contributed by atoms with van der Waals surface area (Å²) in [6, 6.07) is 5.39. The predicted molar refractivity (Wildman–Crippen MR) is 59.2 cm³/mol. The third-order valence-electron chi connectivity index (χ3n) is 1.74. The zero-order valence-corrected chi connectivity index (χ0v) is 9.11. The number of amides is 1. The van der Waals surface area contributed by atoms with E-state index in [2.05, 4.69) is 15.3 Å². The third-order valence-corrected chi connectivity index (χ3v) is 2.62. The van der Waals surface area contributed by atoms with Gasteiger partial charge in [-0.15, -0.1) is 11.3 Å². The second kappa shape index (κ2) is 5.22. The number of nitrogens with one attached hydrogen (secondary N) is 1. The van der Waals surface area contributed by atoms with Gasteiger partial charge >= 0.3 is 6.09 Å². The monoisotopic (exact) mass is 235 g/mol. The van der Waals surface area contributed by atoms with E-state index in [9.17, 15) is 4.79 Å². The van der Waals surface area contributed by atoms with Crippen molar-refractivity contribution in [2.24, 2.45) is 0 Å². The summed E-state index contributed by atoms with van der Waals surface area (Å²) < 4.78 is 4.92. The first-order valence-corrected chi connectivity index (χ1v) is 5.46. The van der Waals surface area contributed by atoms with Gasteiger partial charge in [0, 0.05) is 17.1 Å². The Labute approximate surface area is 96.1 Å². The first-order valence-electron chi connectivity index (χ1n) is 4.58. The molecule has 0 radical (unpaired) electrons. The molecule has 0 aliphatic heterocycles. The number of hydrogen-bond acceptors (Lipinski definition) is 5. The van der Waals surface area contributed by atoms with E-state index in [1.54, 1.807) is 11.3 Å². The van der Waals surface area contributed by atoms with Crippen molar-refractivity contribution in [3.05, 3.63) is 41.0 Å². The Kier molecular flexibility index (Phi) is 3.45. The predicted octanol–water partition coefficient (Wildman–Crippen LogP) is 1.83. The number of hydrogen-bond donors (Lipinski definition) is 1. The van der Waals surface area contributed by atoms with Crippen LogP contribution in [0.15, 0.2) is 36.1 Å². The maximum atomic E-state index is 11.3. The fraction of sp³-hybridized carbons (Fsp3) is 0.100. The van der Waals surface area contributed by atoms with Crippen LogP contribution in [-0.2, 0) is 6.54 Å². The summed E-state index contributed by atoms with van der Waals surface area (Å²) in [5.41, 5.74) is 0. The van der Waals surface area contributed by atoms with E-state index in [1.165, 1.54) is 18.6 Å². The minimum atomic E-state index is -0.521. The Bertz CT molecular complexity index is 444. The summed E-state index contributed by atoms with van der Waals surface area (Å²) in [4.78, 5) is 19.9. The van der Waals surface area contributed by atoms with Crippen molar-refractivity contribution in [2.45, 2.75) is 6.54 Å². The summed E-state index contributed by atoms with van der Waals surface area (Å²) in [5.74, 6) is 0.235. The fourth-order valence-corrected chi connectivity index (χ4v) is 1.69. The molecule has 6 heteroatoms. The second-order valence-electron chi connectivity index (χ2n) is 2.87. The second-order valence-corrected chi connectivity index (χ2v) is 3.90. The Morgan fingerprint density at radius 1 is 1.50 bits per heavy atom. The molecule has 0 atom stereocenters. The van der Waals surface area contributed by atoms with E-state index in [1.807, 2.05) is 17.5 Å². The molecule has 1 amide bonds. The SMILES string of the molecule is O=C(NCc1cccs1)Oc1ccncn1. The highest BCUT2D eigenvalue weighted by molar-refractivity contribution is 7.09. The normalized spacial score (nSPS) is 9.75. The molecule has 0 spiro atoms. The molecule has 2 aromatic rings. The quantitative estimate of drug-likeness (QED) is 0.881. The zero-order chi connectivity index (χ0) is 11.2. The molecule has 0 aliphatic carbocycles. The van der Waals surface area contributed by atoms with Crippen molar-refractivity contribution in [3.8, 4) is 5.88 Å².